The molecule has 2 aromatic carbocycles. The number of likely N-dealkylation sites (tertiary alicyclic amines) is 1. The van der Waals surface area contributed by atoms with Gasteiger partial charge in [0.05, 0.1) is 17.4 Å². The van der Waals surface area contributed by atoms with Gasteiger partial charge in [0, 0.05) is 32.7 Å². The molecule has 2 aromatic rings. The summed E-state index contributed by atoms with van der Waals surface area (Å²) in [5.74, 6) is 0. The Morgan fingerprint density at radius 1 is 0.969 bits per heavy atom. The van der Waals surface area contributed by atoms with Gasteiger partial charge in [-0.05, 0) is 44.9 Å². The van der Waals surface area contributed by atoms with Crippen LogP contribution in [0, 0.1) is 0 Å². The summed E-state index contributed by atoms with van der Waals surface area (Å²) in [5.41, 5.74) is 2.68. The molecule has 0 radical (unpaired) electrons. The van der Waals surface area contributed by atoms with Crippen LogP contribution in [0.1, 0.15) is 32.8 Å². The van der Waals surface area contributed by atoms with E-state index in [0.717, 1.165) is 30.9 Å². The summed E-state index contributed by atoms with van der Waals surface area (Å²) in [4.78, 5) is 31.3. The number of fused-ring (bicyclic) bond motifs is 1. The second kappa shape index (κ2) is 9.10. The predicted molar refractivity (Wildman–Crippen MR) is 126 cm³/mol. The molecule has 2 heterocycles. The number of carbonyl (C=O) groups is 2. The molecule has 2 aliphatic heterocycles. The Morgan fingerprint density at radius 3 is 2.38 bits per heavy atom. The van der Waals surface area contributed by atoms with Gasteiger partial charge in [-0.25, -0.2) is 9.59 Å². The predicted octanol–water partition coefficient (Wildman–Crippen LogP) is 4.23. The molecule has 1 N–H and O–H groups in total. The molecule has 0 aliphatic carbocycles. The fourth-order valence-corrected chi connectivity index (χ4v) is 4.22. The van der Waals surface area contributed by atoms with E-state index in [4.69, 9.17) is 4.74 Å². The van der Waals surface area contributed by atoms with Crippen LogP contribution in [-0.2, 0) is 11.3 Å². The van der Waals surface area contributed by atoms with Crippen LogP contribution in [0.4, 0.5) is 21.0 Å². The molecular weight excluding hydrogens is 404 g/mol. The van der Waals surface area contributed by atoms with Crippen molar-refractivity contribution in [1.82, 2.24) is 10.2 Å². The monoisotopic (exact) mass is 436 g/mol. The van der Waals surface area contributed by atoms with Crippen molar-refractivity contribution in [2.75, 3.05) is 36.0 Å². The highest BCUT2D eigenvalue weighted by molar-refractivity contribution is 5.97. The molecule has 0 spiro atoms. The average molecular weight is 437 g/mol. The molecule has 1 atom stereocenters. The van der Waals surface area contributed by atoms with Crippen molar-refractivity contribution in [1.29, 1.82) is 0 Å². The number of carbonyl (C=O) groups excluding carboxylic acids is 2. The van der Waals surface area contributed by atoms with Crippen molar-refractivity contribution < 1.29 is 14.3 Å². The topological polar surface area (TPSA) is 65.1 Å². The minimum Gasteiger partial charge on any atom is -0.444 e. The lowest BCUT2D eigenvalue weighted by Crippen LogP contribution is -2.51. The van der Waals surface area contributed by atoms with Crippen LogP contribution < -0.4 is 15.1 Å². The first-order valence-corrected chi connectivity index (χ1v) is 11.2. The third kappa shape index (κ3) is 5.15. The van der Waals surface area contributed by atoms with Gasteiger partial charge in [-0.1, -0.05) is 42.5 Å². The number of nitrogens with zero attached hydrogens (tertiary/aromatic N) is 3. The minimum absolute atomic E-state index is 0.0791. The van der Waals surface area contributed by atoms with Crippen molar-refractivity contribution in [2.45, 2.75) is 45.4 Å². The fourth-order valence-electron chi connectivity index (χ4n) is 4.22. The number of ether oxygens (including phenoxy) is 1. The van der Waals surface area contributed by atoms with Crippen LogP contribution in [0.25, 0.3) is 0 Å². The number of rotatable bonds is 3. The summed E-state index contributed by atoms with van der Waals surface area (Å²) in [5, 5.41) is 3.12. The Kier molecular flexibility index (Phi) is 6.26. The molecule has 32 heavy (non-hydrogen) atoms. The number of para-hydroxylation sites is 2. The SMILES string of the molecule is CC(C)(C)OC(=O)N1CC[C@@H](NC(=O)N2CCN(Cc3ccccc3)c3ccccc32)C1. The smallest absolute Gasteiger partial charge is 0.410 e. The molecule has 1 fully saturated rings. The van der Waals surface area contributed by atoms with Gasteiger partial charge in [-0.3, -0.25) is 4.90 Å². The van der Waals surface area contributed by atoms with Crippen molar-refractivity contribution in [3.8, 4) is 0 Å². The Labute approximate surface area is 189 Å². The number of hydrogen-bond acceptors (Lipinski definition) is 4. The fraction of sp³-hybridized carbons (Fsp3) is 0.440. The van der Waals surface area contributed by atoms with Crippen LogP contribution in [-0.4, -0.2) is 54.8 Å². The first kappa shape index (κ1) is 22.0. The normalized spacial score (nSPS) is 18.3. The summed E-state index contributed by atoms with van der Waals surface area (Å²) in [6.45, 7) is 8.80. The number of urea groups is 1. The van der Waals surface area contributed by atoms with Gasteiger partial charge < -0.3 is 19.9 Å². The van der Waals surface area contributed by atoms with E-state index in [1.54, 1.807) is 4.90 Å². The minimum atomic E-state index is -0.526. The molecule has 1 saturated heterocycles. The van der Waals surface area contributed by atoms with Gasteiger partial charge in [0.1, 0.15) is 5.60 Å². The Bertz CT molecular complexity index is 957. The van der Waals surface area contributed by atoms with E-state index >= 15 is 0 Å². The molecule has 170 valence electrons. The maximum absolute atomic E-state index is 13.1. The largest absolute Gasteiger partial charge is 0.444 e. The average Bonchev–Trinajstić information content (AvgIpc) is 3.22. The lowest BCUT2D eigenvalue weighted by molar-refractivity contribution is 0.0291. The molecule has 0 unspecified atom stereocenters. The van der Waals surface area contributed by atoms with Crippen molar-refractivity contribution in [2.24, 2.45) is 0 Å². The lowest BCUT2D eigenvalue weighted by atomic mass is 10.1. The molecule has 7 heteroatoms. The van der Waals surface area contributed by atoms with Crippen molar-refractivity contribution >= 4 is 23.5 Å². The number of hydrogen-bond donors (Lipinski definition) is 1. The maximum atomic E-state index is 13.1. The molecule has 3 amide bonds. The van der Waals surface area contributed by atoms with Crippen LogP contribution in [0.5, 0.6) is 0 Å². The van der Waals surface area contributed by atoms with Crippen molar-refractivity contribution in [3.63, 3.8) is 0 Å². The van der Waals surface area contributed by atoms with Gasteiger partial charge in [0.15, 0.2) is 0 Å². The van der Waals surface area contributed by atoms with E-state index in [1.807, 2.05) is 62.1 Å². The second-order valence-corrected chi connectivity index (χ2v) is 9.41. The van der Waals surface area contributed by atoms with Gasteiger partial charge >= 0.3 is 12.1 Å². The Balaban J connectivity index is 1.40. The van der Waals surface area contributed by atoms with Gasteiger partial charge in [-0.2, -0.15) is 0 Å². The van der Waals surface area contributed by atoms with E-state index < -0.39 is 5.60 Å². The molecule has 0 bridgehead atoms. The first-order chi connectivity index (χ1) is 15.3. The lowest BCUT2D eigenvalue weighted by Gasteiger charge is -2.38. The Morgan fingerprint density at radius 2 is 1.66 bits per heavy atom. The summed E-state index contributed by atoms with van der Waals surface area (Å²) in [6, 6.07) is 18.2. The van der Waals surface area contributed by atoms with E-state index in [0.29, 0.717) is 19.6 Å². The quantitative estimate of drug-likeness (QED) is 0.782. The first-order valence-electron chi connectivity index (χ1n) is 11.2. The third-order valence-electron chi connectivity index (χ3n) is 5.74. The van der Waals surface area contributed by atoms with Crippen LogP contribution in [0.3, 0.4) is 0 Å². The number of anilines is 2. The van der Waals surface area contributed by atoms with E-state index in [9.17, 15) is 9.59 Å². The number of amides is 3. The molecular formula is C25H32N4O3. The van der Waals surface area contributed by atoms with Crippen LogP contribution in [0.15, 0.2) is 54.6 Å². The molecule has 2 aliphatic rings. The van der Waals surface area contributed by atoms with E-state index in [-0.39, 0.29) is 18.2 Å². The summed E-state index contributed by atoms with van der Waals surface area (Å²) >= 11 is 0. The zero-order chi connectivity index (χ0) is 22.7. The van der Waals surface area contributed by atoms with Crippen LogP contribution >= 0.6 is 0 Å². The summed E-state index contributed by atoms with van der Waals surface area (Å²) in [6.07, 6.45) is 0.398. The van der Waals surface area contributed by atoms with Gasteiger partial charge in [-0.15, -0.1) is 0 Å². The Hall–Kier alpha value is -3.22. The van der Waals surface area contributed by atoms with Crippen LogP contribution in [0.2, 0.25) is 0 Å². The van der Waals surface area contributed by atoms with Gasteiger partial charge in [0.25, 0.3) is 0 Å². The molecule has 4 rings (SSSR count). The number of benzene rings is 2. The highest BCUT2D eigenvalue weighted by atomic mass is 16.6. The summed E-state index contributed by atoms with van der Waals surface area (Å²) in [7, 11) is 0. The zero-order valence-corrected chi connectivity index (χ0v) is 19.1. The van der Waals surface area contributed by atoms with E-state index in [1.165, 1.54) is 5.56 Å². The summed E-state index contributed by atoms with van der Waals surface area (Å²) < 4.78 is 5.46. The zero-order valence-electron chi connectivity index (χ0n) is 19.1. The second-order valence-electron chi connectivity index (χ2n) is 9.41. The standard InChI is InChI=1S/C25H32N4O3/c1-25(2,3)32-24(31)28-14-13-20(18-28)26-23(30)29-16-15-27(17-19-9-5-4-6-10-19)21-11-7-8-12-22(21)29/h4-12,20H,13-18H2,1-3H3,(H,26,30)/t20-/m1/s1. The van der Waals surface area contributed by atoms with E-state index in [2.05, 4.69) is 28.4 Å². The highest BCUT2D eigenvalue weighted by Crippen LogP contribution is 2.34. The molecule has 0 aromatic heterocycles. The van der Waals surface area contributed by atoms with Gasteiger partial charge in [0.2, 0.25) is 0 Å². The maximum Gasteiger partial charge on any atom is 0.410 e. The molecule has 0 saturated carbocycles. The highest BCUT2D eigenvalue weighted by Gasteiger charge is 2.33. The third-order valence-corrected chi connectivity index (χ3v) is 5.74. The molecule has 7 nitrogen and oxygen atoms in total. The number of nitrogens with one attached hydrogen (secondary N) is 1. The van der Waals surface area contributed by atoms with Crippen molar-refractivity contribution in [3.05, 3.63) is 60.2 Å².